The Morgan fingerprint density at radius 2 is 0.691 bits per heavy atom. The summed E-state index contributed by atoms with van der Waals surface area (Å²) in [5.74, 6) is 0. The molecule has 1 heterocycles. The second kappa shape index (κ2) is 13.7. The van der Waals surface area contributed by atoms with Gasteiger partial charge in [0, 0.05) is 11.1 Å². The molecular weight excluding hydrogens is 663 g/mol. The zero-order valence-corrected chi connectivity index (χ0v) is 30.3. The van der Waals surface area contributed by atoms with Gasteiger partial charge in [0.1, 0.15) is 0 Å². The van der Waals surface area contributed by atoms with Crippen molar-refractivity contribution in [3.8, 4) is 67.0 Å². The predicted octanol–water partition coefficient (Wildman–Crippen LogP) is 13.8. The quantitative estimate of drug-likeness (QED) is 0.161. The maximum absolute atomic E-state index is 5.18. The highest BCUT2D eigenvalue weighted by Crippen LogP contribution is 2.56. The molecule has 0 saturated carbocycles. The van der Waals surface area contributed by atoms with Crippen LogP contribution in [0.1, 0.15) is 22.3 Å². The van der Waals surface area contributed by atoms with E-state index in [1.807, 2.05) is 6.07 Å². The van der Waals surface area contributed by atoms with Crippen molar-refractivity contribution in [3.63, 3.8) is 0 Å². The van der Waals surface area contributed by atoms with Gasteiger partial charge in [-0.05, 0) is 91.0 Å². The fourth-order valence-electron chi connectivity index (χ4n) is 8.57. The second-order valence-electron chi connectivity index (χ2n) is 14.3. The van der Waals surface area contributed by atoms with Gasteiger partial charge in [-0.1, -0.05) is 200 Å². The van der Waals surface area contributed by atoms with E-state index in [4.69, 9.17) is 4.98 Å². The molecule has 1 aromatic heterocycles. The molecule has 1 heteroatoms. The van der Waals surface area contributed by atoms with Gasteiger partial charge < -0.3 is 0 Å². The number of benzene rings is 8. The van der Waals surface area contributed by atoms with E-state index in [1.54, 1.807) is 0 Å². The third-order valence-corrected chi connectivity index (χ3v) is 11.2. The van der Waals surface area contributed by atoms with E-state index in [9.17, 15) is 0 Å². The molecule has 10 rings (SSSR count). The van der Waals surface area contributed by atoms with Crippen molar-refractivity contribution >= 4 is 0 Å². The summed E-state index contributed by atoms with van der Waals surface area (Å²) in [7, 11) is 0. The number of nitrogens with zero attached hydrogens (tertiary/aromatic N) is 1. The molecule has 0 aliphatic heterocycles. The first-order valence-electron chi connectivity index (χ1n) is 19.0. The van der Waals surface area contributed by atoms with E-state index in [1.165, 1.54) is 55.6 Å². The van der Waals surface area contributed by atoms with Crippen LogP contribution in [-0.2, 0) is 5.41 Å². The molecule has 0 saturated heterocycles. The van der Waals surface area contributed by atoms with Crippen LogP contribution in [0, 0.1) is 0 Å². The minimum atomic E-state index is -0.390. The van der Waals surface area contributed by atoms with Gasteiger partial charge in [0.25, 0.3) is 0 Å². The lowest BCUT2D eigenvalue weighted by atomic mass is 9.67. The van der Waals surface area contributed by atoms with Crippen molar-refractivity contribution in [3.05, 3.63) is 247 Å². The highest BCUT2D eigenvalue weighted by molar-refractivity contribution is 5.89. The van der Waals surface area contributed by atoms with E-state index >= 15 is 0 Å². The first-order chi connectivity index (χ1) is 27.3. The number of pyridine rings is 1. The molecule has 0 amide bonds. The molecule has 0 radical (unpaired) electrons. The minimum absolute atomic E-state index is 0.390. The van der Waals surface area contributed by atoms with Crippen LogP contribution < -0.4 is 0 Å². The molecule has 0 spiro atoms. The number of aromatic nitrogens is 1. The Hall–Kier alpha value is -7.09. The van der Waals surface area contributed by atoms with Gasteiger partial charge in [-0.25, -0.2) is 4.98 Å². The monoisotopic (exact) mass is 699 g/mol. The van der Waals surface area contributed by atoms with Crippen molar-refractivity contribution in [2.24, 2.45) is 0 Å². The minimum Gasteiger partial charge on any atom is -0.248 e. The Morgan fingerprint density at radius 3 is 1.33 bits per heavy atom. The zero-order valence-electron chi connectivity index (χ0n) is 30.3. The summed E-state index contributed by atoms with van der Waals surface area (Å²) in [4.78, 5) is 5.18. The first-order valence-corrected chi connectivity index (χ1v) is 19.0. The van der Waals surface area contributed by atoms with Gasteiger partial charge >= 0.3 is 0 Å². The number of hydrogen-bond donors (Lipinski definition) is 0. The van der Waals surface area contributed by atoms with Crippen molar-refractivity contribution in [2.45, 2.75) is 5.41 Å². The van der Waals surface area contributed by atoms with Crippen LogP contribution in [0.3, 0.4) is 0 Å². The summed E-state index contributed by atoms with van der Waals surface area (Å²) in [6, 6.07) is 81.1. The number of rotatable bonds is 7. The Bertz CT molecular complexity index is 2670. The van der Waals surface area contributed by atoms with E-state index in [-0.39, 0.29) is 5.41 Å². The molecule has 0 atom stereocenters. The molecule has 1 aliphatic carbocycles. The lowest BCUT2D eigenvalue weighted by Gasteiger charge is -2.33. The standard InChI is InChI=1S/C54H37N/c1-5-16-38(17-6-1)45-36-52(41-18-7-2-8-19-41)55-53(37-45)44-21-15-20-42(34-44)39-28-30-40(31-29-39)43-32-33-51-49(35-43)48-26-13-14-27-50(48)54(51,46-22-9-3-10-23-46)47-24-11-4-12-25-47/h1-37H. The fraction of sp³-hybridized carbons (Fsp3) is 0.0185. The maximum Gasteiger partial charge on any atom is 0.0715 e. The first kappa shape index (κ1) is 32.6. The smallest absolute Gasteiger partial charge is 0.0715 e. The number of fused-ring (bicyclic) bond motifs is 3. The highest BCUT2D eigenvalue weighted by atomic mass is 14.7. The van der Waals surface area contributed by atoms with E-state index in [0.717, 1.165) is 33.6 Å². The summed E-state index contributed by atoms with van der Waals surface area (Å²) >= 11 is 0. The van der Waals surface area contributed by atoms with Crippen LogP contribution >= 0.6 is 0 Å². The van der Waals surface area contributed by atoms with E-state index < -0.39 is 0 Å². The largest absolute Gasteiger partial charge is 0.248 e. The lowest BCUT2D eigenvalue weighted by Crippen LogP contribution is -2.28. The van der Waals surface area contributed by atoms with Crippen LogP contribution in [0.4, 0.5) is 0 Å². The molecule has 9 aromatic rings. The van der Waals surface area contributed by atoms with Crippen LogP contribution in [-0.4, -0.2) is 4.98 Å². The Morgan fingerprint density at radius 1 is 0.255 bits per heavy atom. The van der Waals surface area contributed by atoms with E-state index in [2.05, 4.69) is 218 Å². The van der Waals surface area contributed by atoms with Crippen molar-refractivity contribution < 1.29 is 0 Å². The average molecular weight is 700 g/mol. The SMILES string of the molecule is c1ccc(-c2cc(-c3ccccc3)nc(-c3cccc(-c4ccc(-c5ccc6c(c5)-c5ccccc5C6(c5ccccc5)c5ccccc5)cc4)c3)c2)cc1. The molecule has 0 bridgehead atoms. The summed E-state index contributed by atoms with van der Waals surface area (Å²) < 4.78 is 0. The fourth-order valence-corrected chi connectivity index (χ4v) is 8.57. The summed E-state index contributed by atoms with van der Waals surface area (Å²) in [5, 5.41) is 0. The molecule has 0 fully saturated rings. The topological polar surface area (TPSA) is 12.9 Å². The van der Waals surface area contributed by atoms with Crippen LogP contribution in [0.5, 0.6) is 0 Å². The summed E-state index contributed by atoms with van der Waals surface area (Å²) in [6.07, 6.45) is 0. The third kappa shape index (κ3) is 5.69. The molecule has 0 N–H and O–H groups in total. The van der Waals surface area contributed by atoms with Crippen molar-refractivity contribution in [1.29, 1.82) is 0 Å². The van der Waals surface area contributed by atoms with Crippen molar-refractivity contribution in [2.75, 3.05) is 0 Å². The van der Waals surface area contributed by atoms with Gasteiger partial charge in [0.05, 0.1) is 16.8 Å². The van der Waals surface area contributed by atoms with Gasteiger partial charge in [0.2, 0.25) is 0 Å². The Balaban J connectivity index is 1.02. The molecule has 8 aromatic carbocycles. The van der Waals surface area contributed by atoms with Crippen LogP contribution in [0.15, 0.2) is 224 Å². The van der Waals surface area contributed by atoms with Gasteiger partial charge in [-0.3, -0.25) is 0 Å². The van der Waals surface area contributed by atoms with Crippen molar-refractivity contribution in [1.82, 2.24) is 4.98 Å². The lowest BCUT2D eigenvalue weighted by molar-refractivity contribution is 0.768. The molecule has 55 heavy (non-hydrogen) atoms. The summed E-state index contributed by atoms with van der Waals surface area (Å²) in [5.41, 5.74) is 18.6. The summed E-state index contributed by atoms with van der Waals surface area (Å²) in [6.45, 7) is 0. The molecular formula is C54H37N. The van der Waals surface area contributed by atoms with Gasteiger partial charge in [-0.15, -0.1) is 0 Å². The van der Waals surface area contributed by atoms with Gasteiger partial charge in [-0.2, -0.15) is 0 Å². The normalized spacial score (nSPS) is 12.5. The average Bonchev–Trinajstić information content (AvgIpc) is 3.58. The van der Waals surface area contributed by atoms with Gasteiger partial charge in [0.15, 0.2) is 0 Å². The second-order valence-corrected chi connectivity index (χ2v) is 14.3. The predicted molar refractivity (Wildman–Crippen MR) is 229 cm³/mol. The number of hydrogen-bond acceptors (Lipinski definition) is 1. The molecule has 1 aliphatic rings. The molecule has 0 unspecified atom stereocenters. The highest BCUT2D eigenvalue weighted by Gasteiger charge is 2.45. The Kier molecular flexibility index (Phi) is 8.12. The molecule has 258 valence electrons. The van der Waals surface area contributed by atoms with Crippen LogP contribution in [0.25, 0.3) is 67.0 Å². The zero-order chi connectivity index (χ0) is 36.6. The van der Waals surface area contributed by atoms with Crippen LogP contribution in [0.2, 0.25) is 0 Å². The van der Waals surface area contributed by atoms with E-state index in [0.29, 0.717) is 0 Å². The third-order valence-electron chi connectivity index (χ3n) is 11.2. The maximum atomic E-state index is 5.18. The molecule has 1 nitrogen and oxygen atoms in total. The Labute approximate surface area is 322 Å².